The molecule has 1 atom stereocenters. The van der Waals surface area contributed by atoms with Crippen molar-refractivity contribution in [2.45, 2.75) is 18.6 Å². The van der Waals surface area contributed by atoms with Crippen LogP contribution in [0, 0.1) is 5.82 Å². The van der Waals surface area contributed by atoms with Gasteiger partial charge in [0.15, 0.2) is 5.82 Å². The third-order valence-electron chi connectivity index (χ3n) is 6.75. The summed E-state index contributed by atoms with van der Waals surface area (Å²) in [7, 11) is 1.76. The van der Waals surface area contributed by atoms with E-state index in [4.69, 9.17) is 11.6 Å². The molecule has 43 heavy (non-hydrogen) atoms. The Morgan fingerprint density at radius 3 is 2.56 bits per heavy atom. The fourth-order valence-corrected chi connectivity index (χ4v) is 4.90. The number of hydrogen-bond acceptors (Lipinski definition) is 7. The van der Waals surface area contributed by atoms with Crippen molar-refractivity contribution < 1.29 is 27.5 Å². The number of aryl methyl sites for hydroxylation is 1. The topological polar surface area (TPSA) is 116 Å². The monoisotopic (exact) mass is 611 g/mol. The highest BCUT2D eigenvalue weighted by Gasteiger charge is 2.33. The van der Waals surface area contributed by atoms with Gasteiger partial charge in [-0.1, -0.05) is 11.6 Å². The Kier molecular flexibility index (Phi) is 7.09. The summed E-state index contributed by atoms with van der Waals surface area (Å²) in [6, 6.07) is 7.87. The lowest BCUT2D eigenvalue weighted by Gasteiger charge is -2.15. The van der Waals surface area contributed by atoms with Crippen molar-refractivity contribution in [3.05, 3.63) is 108 Å². The number of nitrogens with zero attached hydrogens (tertiary/aromatic N) is 10. The highest BCUT2D eigenvalue weighted by atomic mass is 35.5. The third kappa shape index (κ3) is 5.53. The van der Waals surface area contributed by atoms with Crippen LogP contribution < -0.4 is 4.73 Å². The lowest BCUT2D eigenvalue weighted by atomic mass is 10.0. The maximum absolute atomic E-state index is 15.3. The summed E-state index contributed by atoms with van der Waals surface area (Å²) in [5, 5.41) is 30.7. The quantitative estimate of drug-likeness (QED) is 0.161. The predicted octanol–water partition coefficient (Wildman–Crippen LogP) is 4.49. The van der Waals surface area contributed by atoms with Crippen LogP contribution in [-0.2, 0) is 19.6 Å². The molecule has 0 amide bonds. The molecule has 218 valence electrons. The molecule has 0 saturated heterocycles. The van der Waals surface area contributed by atoms with Gasteiger partial charge in [0.2, 0.25) is 6.20 Å². The zero-order valence-electron chi connectivity index (χ0n) is 22.1. The standard InChI is InChI=1S/C27H20ClF4N10O/c1-39-12-16(10-35-39)8-23(40-13-19(11-36-40)17-6-7-33-24(9-17)27(30,31)32)21-4-2-18(14-42(21)43)25-22(41-15-34-37-38-41)5-3-20(28)26(25)29/h2-7,9-15,23,43H,8H2,1H3/q+1. The van der Waals surface area contributed by atoms with E-state index in [0.717, 1.165) is 22.6 Å². The summed E-state index contributed by atoms with van der Waals surface area (Å²) in [6.07, 6.45) is 5.87. The lowest BCUT2D eigenvalue weighted by Crippen LogP contribution is -2.39. The van der Waals surface area contributed by atoms with Crippen molar-refractivity contribution in [1.29, 1.82) is 0 Å². The van der Waals surface area contributed by atoms with Crippen LogP contribution in [0.15, 0.2) is 79.9 Å². The molecule has 6 aromatic rings. The van der Waals surface area contributed by atoms with E-state index in [1.807, 2.05) is 0 Å². The van der Waals surface area contributed by atoms with E-state index in [-0.39, 0.29) is 21.7 Å². The molecule has 0 spiro atoms. The van der Waals surface area contributed by atoms with E-state index >= 15 is 4.39 Å². The normalized spacial score (nSPS) is 12.5. The van der Waals surface area contributed by atoms with E-state index in [9.17, 15) is 18.4 Å². The van der Waals surface area contributed by atoms with Gasteiger partial charge in [0, 0.05) is 48.4 Å². The summed E-state index contributed by atoms with van der Waals surface area (Å²) in [5.74, 6) is -0.735. The molecule has 1 unspecified atom stereocenters. The Morgan fingerprint density at radius 2 is 1.86 bits per heavy atom. The second kappa shape index (κ2) is 10.9. The lowest BCUT2D eigenvalue weighted by molar-refractivity contribution is -0.910. The molecule has 0 aliphatic rings. The first kappa shape index (κ1) is 28.0. The van der Waals surface area contributed by atoms with Gasteiger partial charge in [-0.05, 0) is 51.9 Å². The van der Waals surface area contributed by atoms with Gasteiger partial charge in [0.1, 0.15) is 18.1 Å². The molecule has 16 heteroatoms. The first-order valence-electron chi connectivity index (χ1n) is 12.6. The highest BCUT2D eigenvalue weighted by Crippen LogP contribution is 2.34. The molecule has 11 nitrogen and oxygen atoms in total. The molecule has 1 aromatic carbocycles. The van der Waals surface area contributed by atoms with E-state index in [2.05, 4.69) is 30.7 Å². The SMILES string of the molecule is Cn1cc(CC(c2ccc(-c3c(-n4cnnn4)ccc(Cl)c3F)c[n+]2O)n2cc(-c3ccnc(C(F)(F)F)c3)cn2)cn1. The van der Waals surface area contributed by atoms with Crippen molar-refractivity contribution in [2.24, 2.45) is 7.05 Å². The van der Waals surface area contributed by atoms with E-state index < -0.39 is 23.7 Å². The minimum absolute atomic E-state index is 0.0532. The Labute approximate surface area is 245 Å². The van der Waals surface area contributed by atoms with Gasteiger partial charge in [-0.15, -0.1) is 5.10 Å². The number of halogens is 5. The van der Waals surface area contributed by atoms with Crippen LogP contribution in [0.4, 0.5) is 17.6 Å². The smallest absolute Gasteiger partial charge is 0.285 e. The molecule has 0 saturated carbocycles. The van der Waals surface area contributed by atoms with E-state index in [0.29, 0.717) is 23.4 Å². The summed E-state index contributed by atoms with van der Waals surface area (Å²) >= 11 is 6.09. The number of aromatic nitrogens is 10. The van der Waals surface area contributed by atoms with Crippen LogP contribution in [0.1, 0.15) is 23.0 Å². The Hall–Kier alpha value is -5.18. The largest absolute Gasteiger partial charge is 0.433 e. The second-order valence-electron chi connectivity index (χ2n) is 9.58. The van der Waals surface area contributed by atoms with Crippen LogP contribution in [-0.4, -0.2) is 50.0 Å². The third-order valence-corrected chi connectivity index (χ3v) is 7.04. The molecule has 0 bridgehead atoms. The van der Waals surface area contributed by atoms with Crippen LogP contribution in [0.2, 0.25) is 5.02 Å². The average molecular weight is 612 g/mol. The second-order valence-corrected chi connectivity index (χ2v) is 9.98. The zero-order chi connectivity index (χ0) is 30.3. The predicted molar refractivity (Wildman–Crippen MR) is 142 cm³/mol. The average Bonchev–Trinajstić information content (AvgIpc) is 3.76. The fourth-order valence-electron chi connectivity index (χ4n) is 4.75. The van der Waals surface area contributed by atoms with Crippen molar-refractivity contribution in [3.8, 4) is 27.9 Å². The van der Waals surface area contributed by atoms with Gasteiger partial charge in [-0.3, -0.25) is 19.6 Å². The summed E-state index contributed by atoms with van der Waals surface area (Å²) in [5.41, 5.74) is 1.43. The van der Waals surface area contributed by atoms with E-state index in [1.54, 1.807) is 48.5 Å². The zero-order valence-corrected chi connectivity index (χ0v) is 22.9. The maximum atomic E-state index is 15.3. The molecular formula is C27H20ClF4N10O+. The molecule has 6 rings (SSSR count). The van der Waals surface area contributed by atoms with Gasteiger partial charge in [0.05, 0.1) is 34.2 Å². The van der Waals surface area contributed by atoms with Crippen LogP contribution >= 0.6 is 11.6 Å². The van der Waals surface area contributed by atoms with E-state index in [1.165, 1.54) is 40.2 Å². The van der Waals surface area contributed by atoms with Crippen molar-refractivity contribution in [1.82, 2.24) is 44.8 Å². The Bertz CT molecular complexity index is 1920. The number of pyridine rings is 2. The first-order chi connectivity index (χ1) is 20.6. The Balaban J connectivity index is 1.42. The minimum Gasteiger partial charge on any atom is -0.285 e. The minimum atomic E-state index is -4.61. The molecule has 1 N–H and O–H groups in total. The molecule has 5 aromatic heterocycles. The summed E-state index contributed by atoms with van der Waals surface area (Å²) in [6.45, 7) is 0. The number of tetrazole rings is 1. The fraction of sp³-hybridized carbons (Fsp3) is 0.148. The highest BCUT2D eigenvalue weighted by molar-refractivity contribution is 6.31. The van der Waals surface area contributed by atoms with Crippen LogP contribution in [0.5, 0.6) is 0 Å². The molecule has 0 aliphatic heterocycles. The molecule has 5 heterocycles. The number of hydrogen-bond donors (Lipinski definition) is 1. The van der Waals surface area contributed by atoms with Crippen molar-refractivity contribution in [2.75, 3.05) is 0 Å². The molecule has 0 aliphatic carbocycles. The number of benzene rings is 1. The van der Waals surface area contributed by atoms with Gasteiger partial charge in [-0.2, -0.15) is 28.1 Å². The van der Waals surface area contributed by atoms with Gasteiger partial charge in [-0.25, -0.2) is 4.39 Å². The number of alkyl halides is 3. The Morgan fingerprint density at radius 1 is 1.02 bits per heavy atom. The molecule has 0 fully saturated rings. The van der Waals surface area contributed by atoms with Crippen LogP contribution in [0.25, 0.3) is 27.9 Å². The molecule has 0 radical (unpaired) electrons. The summed E-state index contributed by atoms with van der Waals surface area (Å²) in [4.78, 5) is 3.42. The first-order valence-corrected chi connectivity index (χ1v) is 13.0. The van der Waals surface area contributed by atoms with Crippen molar-refractivity contribution >= 4 is 11.6 Å². The number of rotatable bonds is 7. The molecular weight excluding hydrogens is 592 g/mol. The van der Waals surface area contributed by atoms with Crippen molar-refractivity contribution in [3.63, 3.8) is 0 Å². The van der Waals surface area contributed by atoms with Gasteiger partial charge < -0.3 is 0 Å². The van der Waals surface area contributed by atoms with Gasteiger partial charge in [0.25, 0.3) is 5.69 Å². The maximum Gasteiger partial charge on any atom is 0.433 e. The van der Waals surface area contributed by atoms with Gasteiger partial charge >= 0.3 is 6.18 Å². The summed E-state index contributed by atoms with van der Waals surface area (Å²) < 4.78 is 60.4. The van der Waals surface area contributed by atoms with Crippen LogP contribution in [0.3, 0.4) is 0 Å².